The van der Waals surface area contributed by atoms with Gasteiger partial charge in [-0.1, -0.05) is 12.1 Å². The maximum atomic E-state index is 12.5. The van der Waals surface area contributed by atoms with Crippen molar-refractivity contribution >= 4 is 43.6 Å². The number of thiazole rings is 1. The third-order valence-corrected chi connectivity index (χ3v) is 5.59. The largest absolute Gasteiger partial charge is 0.492 e. The van der Waals surface area contributed by atoms with Crippen molar-refractivity contribution in [2.24, 2.45) is 0 Å². The molecule has 2 aromatic carbocycles. The highest BCUT2D eigenvalue weighted by Crippen LogP contribution is 2.26. The Morgan fingerprint density at radius 1 is 1.14 bits per heavy atom. The number of nitrogens with zero attached hydrogens (tertiary/aromatic N) is 1. The highest BCUT2D eigenvalue weighted by Gasteiger charge is 2.14. The standard InChI is InChI=1S/C19H19N3O4S2/c1-3-26-17-7-5-4-6-15(17)21-18(23)16-12-27-19(22-16)20-13-8-10-14(11-9-13)28(2,24)25/h4-12H,3H2,1-2H3,(H,20,22)(H,21,23). The van der Waals surface area contributed by atoms with Crippen molar-refractivity contribution in [3.63, 3.8) is 0 Å². The third-order valence-electron chi connectivity index (χ3n) is 3.71. The van der Waals surface area contributed by atoms with Crippen molar-refractivity contribution < 1.29 is 17.9 Å². The van der Waals surface area contributed by atoms with Crippen LogP contribution in [0.4, 0.5) is 16.5 Å². The minimum atomic E-state index is -3.24. The van der Waals surface area contributed by atoms with E-state index in [0.29, 0.717) is 28.9 Å². The van der Waals surface area contributed by atoms with Gasteiger partial charge in [-0.05, 0) is 43.3 Å². The molecule has 0 aliphatic heterocycles. The van der Waals surface area contributed by atoms with Crippen LogP contribution >= 0.6 is 11.3 Å². The molecule has 0 unspecified atom stereocenters. The van der Waals surface area contributed by atoms with Crippen molar-refractivity contribution in [3.8, 4) is 5.75 Å². The van der Waals surface area contributed by atoms with Gasteiger partial charge in [0, 0.05) is 17.3 Å². The summed E-state index contributed by atoms with van der Waals surface area (Å²) in [6.07, 6.45) is 1.16. The lowest BCUT2D eigenvalue weighted by Gasteiger charge is -2.10. The molecule has 146 valence electrons. The lowest BCUT2D eigenvalue weighted by atomic mass is 10.3. The fourth-order valence-electron chi connectivity index (χ4n) is 2.38. The van der Waals surface area contributed by atoms with Gasteiger partial charge in [0.05, 0.1) is 17.2 Å². The molecule has 0 bridgehead atoms. The molecular formula is C19H19N3O4S2. The quantitative estimate of drug-likeness (QED) is 0.604. The van der Waals surface area contributed by atoms with Crippen LogP contribution in [0, 0.1) is 0 Å². The van der Waals surface area contributed by atoms with E-state index in [4.69, 9.17) is 4.74 Å². The Morgan fingerprint density at radius 2 is 1.86 bits per heavy atom. The average Bonchev–Trinajstić information content (AvgIpc) is 3.12. The van der Waals surface area contributed by atoms with Crippen LogP contribution < -0.4 is 15.4 Å². The van der Waals surface area contributed by atoms with E-state index in [1.54, 1.807) is 29.6 Å². The summed E-state index contributed by atoms with van der Waals surface area (Å²) >= 11 is 1.27. The molecule has 0 atom stereocenters. The normalized spacial score (nSPS) is 11.1. The van der Waals surface area contributed by atoms with Gasteiger partial charge in [0.25, 0.3) is 5.91 Å². The number of benzene rings is 2. The predicted molar refractivity (Wildman–Crippen MR) is 111 cm³/mol. The Hall–Kier alpha value is -2.91. The molecule has 28 heavy (non-hydrogen) atoms. The molecule has 0 aliphatic carbocycles. The van der Waals surface area contributed by atoms with Crippen molar-refractivity contribution in [1.82, 2.24) is 4.98 Å². The molecule has 1 amide bonds. The molecule has 1 aromatic heterocycles. The number of anilines is 3. The van der Waals surface area contributed by atoms with Gasteiger partial charge in [-0.15, -0.1) is 11.3 Å². The molecule has 0 saturated carbocycles. The number of aromatic nitrogens is 1. The zero-order chi connectivity index (χ0) is 20.1. The Bertz CT molecular complexity index is 1080. The zero-order valence-electron chi connectivity index (χ0n) is 15.3. The molecule has 0 radical (unpaired) electrons. The predicted octanol–water partition coefficient (Wildman–Crippen LogP) is 3.94. The topological polar surface area (TPSA) is 97.4 Å². The SMILES string of the molecule is CCOc1ccccc1NC(=O)c1csc(Nc2ccc(S(C)(=O)=O)cc2)n1. The number of hydrogen-bond acceptors (Lipinski definition) is 7. The van der Waals surface area contributed by atoms with E-state index in [9.17, 15) is 13.2 Å². The highest BCUT2D eigenvalue weighted by atomic mass is 32.2. The molecule has 9 heteroatoms. The van der Waals surface area contributed by atoms with Crippen LogP contribution in [-0.2, 0) is 9.84 Å². The van der Waals surface area contributed by atoms with Crippen LogP contribution in [0.3, 0.4) is 0 Å². The summed E-state index contributed by atoms with van der Waals surface area (Å²) in [6.45, 7) is 2.37. The average molecular weight is 418 g/mol. The highest BCUT2D eigenvalue weighted by molar-refractivity contribution is 7.90. The summed E-state index contributed by atoms with van der Waals surface area (Å²) in [5, 5.41) is 8.03. The second-order valence-corrected chi connectivity index (χ2v) is 8.72. The van der Waals surface area contributed by atoms with Gasteiger partial charge in [0.2, 0.25) is 0 Å². The monoisotopic (exact) mass is 417 g/mol. The number of ether oxygens (including phenoxy) is 1. The molecule has 3 rings (SSSR count). The van der Waals surface area contributed by atoms with Gasteiger partial charge in [-0.2, -0.15) is 0 Å². The van der Waals surface area contributed by atoms with E-state index in [1.165, 1.54) is 23.5 Å². The van der Waals surface area contributed by atoms with Crippen molar-refractivity contribution in [3.05, 3.63) is 59.6 Å². The number of amides is 1. The smallest absolute Gasteiger partial charge is 0.275 e. The zero-order valence-corrected chi connectivity index (χ0v) is 16.9. The Labute approximate surface area is 167 Å². The number of hydrogen-bond donors (Lipinski definition) is 2. The fourth-order valence-corrected chi connectivity index (χ4v) is 3.72. The van der Waals surface area contributed by atoms with E-state index >= 15 is 0 Å². The fraction of sp³-hybridized carbons (Fsp3) is 0.158. The van der Waals surface area contributed by atoms with Gasteiger partial charge < -0.3 is 15.4 Å². The van der Waals surface area contributed by atoms with Crippen LogP contribution in [0.1, 0.15) is 17.4 Å². The number of para-hydroxylation sites is 2. The van der Waals surface area contributed by atoms with Crippen molar-refractivity contribution in [2.75, 3.05) is 23.5 Å². The lowest BCUT2D eigenvalue weighted by Crippen LogP contribution is -2.13. The first-order valence-corrected chi connectivity index (χ1v) is 11.2. The molecule has 3 aromatic rings. The van der Waals surface area contributed by atoms with Crippen LogP contribution in [0.5, 0.6) is 5.75 Å². The van der Waals surface area contributed by atoms with E-state index in [0.717, 1.165) is 6.26 Å². The number of carbonyl (C=O) groups is 1. The minimum Gasteiger partial charge on any atom is -0.492 e. The Balaban J connectivity index is 1.69. The van der Waals surface area contributed by atoms with Crippen molar-refractivity contribution in [1.29, 1.82) is 0 Å². The summed E-state index contributed by atoms with van der Waals surface area (Å²) in [5.74, 6) is 0.252. The second-order valence-electron chi connectivity index (χ2n) is 5.84. The Morgan fingerprint density at radius 3 is 2.54 bits per heavy atom. The van der Waals surface area contributed by atoms with E-state index in [1.807, 2.05) is 19.1 Å². The van der Waals surface area contributed by atoms with Gasteiger partial charge in [0.1, 0.15) is 11.4 Å². The molecule has 1 heterocycles. The number of nitrogens with one attached hydrogen (secondary N) is 2. The number of carbonyl (C=O) groups excluding carboxylic acids is 1. The first kappa shape index (κ1) is 19.8. The van der Waals surface area contributed by atoms with E-state index in [-0.39, 0.29) is 16.5 Å². The van der Waals surface area contributed by atoms with Crippen molar-refractivity contribution in [2.45, 2.75) is 11.8 Å². The molecule has 0 saturated heterocycles. The van der Waals surface area contributed by atoms with Crippen LogP contribution in [0.25, 0.3) is 0 Å². The first-order valence-electron chi connectivity index (χ1n) is 8.42. The molecule has 0 fully saturated rings. The van der Waals surface area contributed by atoms with Gasteiger partial charge in [-0.25, -0.2) is 13.4 Å². The van der Waals surface area contributed by atoms with E-state index < -0.39 is 9.84 Å². The van der Waals surface area contributed by atoms with E-state index in [2.05, 4.69) is 15.6 Å². The second kappa shape index (κ2) is 8.41. The molecule has 0 aliphatic rings. The number of sulfone groups is 1. The van der Waals surface area contributed by atoms with Gasteiger partial charge >= 0.3 is 0 Å². The minimum absolute atomic E-state index is 0.241. The lowest BCUT2D eigenvalue weighted by molar-refractivity contribution is 0.102. The molecule has 2 N–H and O–H groups in total. The van der Waals surface area contributed by atoms with Gasteiger partial charge in [0.15, 0.2) is 15.0 Å². The first-order chi connectivity index (χ1) is 13.4. The summed E-state index contributed by atoms with van der Waals surface area (Å²) < 4.78 is 28.5. The number of rotatable bonds is 7. The summed E-state index contributed by atoms with van der Waals surface area (Å²) in [6, 6.07) is 13.5. The van der Waals surface area contributed by atoms with Gasteiger partial charge in [-0.3, -0.25) is 4.79 Å². The summed E-state index contributed by atoms with van der Waals surface area (Å²) in [4.78, 5) is 17.0. The maximum absolute atomic E-state index is 12.5. The summed E-state index contributed by atoms with van der Waals surface area (Å²) in [7, 11) is -3.24. The summed E-state index contributed by atoms with van der Waals surface area (Å²) in [5.41, 5.74) is 1.52. The maximum Gasteiger partial charge on any atom is 0.275 e. The van der Waals surface area contributed by atoms with Crippen LogP contribution in [0.15, 0.2) is 58.8 Å². The van der Waals surface area contributed by atoms with Crippen LogP contribution in [0.2, 0.25) is 0 Å². The van der Waals surface area contributed by atoms with Crippen LogP contribution in [-0.4, -0.2) is 32.2 Å². The third kappa shape index (κ3) is 4.87. The molecule has 0 spiro atoms. The molecule has 7 nitrogen and oxygen atoms in total. The Kier molecular flexibility index (Phi) is 5.96. The molecular weight excluding hydrogens is 398 g/mol.